The SMILES string of the molecule is Cc1ccc(Cl)cc1-c1ccc(/C=C(/C#N)C(=O)NCc2ccccc2)o1. The molecule has 1 heterocycles. The van der Waals surface area contributed by atoms with Crippen LogP contribution >= 0.6 is 11.6 Å². The van der Waals surface area contributed by atoms with E-state index in [0.29, 0.717) is 23.1 Å². The van der Waals surface area contributed by atoms with E-state index in [1.165, 1.54) is 6.08 Å². The summed E-state index contributed by atoms with van der Waals surface area (Å²) in [7, 11) is 0. The molecule has 0 bridgehead atoms. The van der Waals surface area contributed by atoms with Crippen molar-refractivity contribution >= 4 is 23.6 Å². The van der Waals surface area contributed by atoms with Gasteiger partial charge in [-0.15, -0.1) is 0 Å². The smallest absolute Gasteiger partial charge is 0.262 e. The highest BCUT2D eigenvalue weighted by molar-refractivity contribution is 6.30. The summed E-state index contributed by atoms with van der Waals surface area (Å²) >= 11 is 6.06. The molecular weight excluding hydrogens is 360 g/mol. The molecule has 0 atom stereocenters. The van der Waals surface area contributed by atoms with E-state index in [2.05, 4.69) is 5.32 Å². The third kappa shape index (κ3) is 4.66. The van der Waals surface area contributed by atoms with E-state index in [0.717, 1.165) is 16.7 Å². The number of aryl methyl sites for hydroxylation is 1. The molecule has 0 aliphatic rings. The van der Waals surface area contributed by atoms with Gasteiger partial charge < -0.3 is 9.73 Å². The highest BCUT2D eigenvalue weighted by Gasteiger charge is 2.12. The number of halogens is 1. The van der Waals surface area contributed by atoms with Crippen LogP contribution in [0.2, 0.25) is 5.02 Å². The third-order valence-electron chi connectivity index (χ3n) is 4.04. The Kier molecular flexibility index (Phi) is 5.75. The van der Waals surface area contributed by atoms with E-state index < -0.39 is 5.91 Å². The van der Waals surface area contributed by atoms with E-state index in [-0.39, 0.29) is 5.57 Å². The second-order valence-corrected chi connectivity index (χ2v) is 6.44. The summed E-state index contributed by atoms with van der Waals surface area (Å²) in [6.07, 6.45) is 1.43. The molecule has 27 heavy (non-hydrogen) atoms. The Labute approximate surface area is 162 Å². The average Bonchev–Trinajstić information content (AvgIpc) is 3.15. The fourth-order valence-electron chi connectivity index (χ4n) is 2.60. The molecular formula is C22H17ClN2O2. The monoisotopic (exact) mass is 376 g/mol. The molecule has 3 aromatic rings. The van der Waals surface area contributed by atoms with E-state index in [4.69, 9.17) is 16.0 Å². The molecule has 0 saturated carbocycles. The van der Waals surface area contributed by atoms with E-state index in [1.54, 1.807) is 12.1 Å². The number of furan rings is 1. The van der Waals surface area contributed by atoms with Gasteiger partial charge in [0.2, 0.25) is 0 Å². The van der Waals surface area contributed by atoms with Crippen LogP contribution in [-0.4, -0.2) is 5.91 Å². The van der Waals surface area contributed by atoms with Gasteiger partial charge in [-0.1, -0.05) is 48.0 Å². The summed E-state index contributed by atoms with van der Waals surface area (Å²) in [5.41, 5.74) is 2.83. The highest BCUT2D eigenvalue weighted by Crippen LogP contribution is 2.28. The Morgan fingerprint density at radius 2 is 1.96 bits per heavy atom. The van der Waals surface area contributed by atoms with Crippen molar-refractivity contribution in [2.24, 2.45) is 0 Å². The lowest BCUT2D eigenvalue weighted by Crippen LogP contribution is -2.23. The molecule has 5 heteroatoms. The lowest BCUT2D eigenvalue weighted by atomic mass is 10.1. The number of carbonyl (C=O) groups excluding carboxylic acids is 1. The van der Waals surface area contributed by atoms with Crippen molar-refractivity contribution in [3.63, 3.8) is 0 Å². The molecule has 0 unspecified atom stereocenters. The quantitative estimate of drug-likeness (QED) is 0.495. The summed E-state index contributed by atoms with van der Waals surface area (Å²) < 4.78 is 5.78. The van der Waals surface area contributed by atoms with Crippen LogP contribution < -0.4 is 5.32 Å². The predicted molar refractivity (Wildman–Crippen MR) is 106 cm³/mol. The molecule has 1 N–H and O–H groups in total. The third-order valence-corrected chi connectivity index (χ3v) is 4.27. The molecule has 0 radical (unpaired) electrons. The molecule has 134 valence electrons. The molecule has 0 spiro atoms. The van der Waals surface area contributed by atoms with Crippen molar-refractivity contribution in [3.05, 3.63) is 88.1 Å². The van der Waals surface area contributed by atoms with Crippen LogP contribution in [0.5, 0.6) is 0 Å². The van der Waals surface area contributed by atoms with Gasteiger partial charge in [-0.2, -0.15) is 5.26 Å². The molecule has 2 aromatic carbocycles. The number of nitrogens with zero attached hydrogens (tertiary/aromatic N) is 1. The lowest BCUT2D eigenvalue weighted by molar-refractivity contribution is -0.117. The minimum Gasteiger partial charge on any atom is -0.457 e. The zero-order valence-corrected chi connectivity index (χ0v) is 15.5. The van der Waals surface area contributed by atoms with Crippen LogP contribution in [0.4, 0.5) is 0 Å². The van der Waals surface area contributed by atoms with Crippen molar-refractivity contribution in [3.8, 4) is 17.4 Å². The number of benzene rings is 2. The Bertz CT molecular complexity index is 1030. The van der Waals surface area contributed by atoms with Gasteiger partial charge in [0.15, 0.2) is 0 Å². The first kappa shape index (κ1) is 18.5. The molecule has 1 aromatic heterocycles. The molecule has 3 rings (SSSR count). The van der Waals surface area contributed by atoms with Crippen LogP contribution in [-0.2, 0) is 11.3 Å². The summed E-state index contributed by atoms with van der Waals surface area (Å²) in [6.45, 7) is 2.31. The predicted octanol–water partition coefficient (Wildman–Crippen LogP) is 5.13. The number of nitrogens with one attached hydrogen (secondary N) is 1. The second kappa shape index (κ2) is 8.39. The zero-order valence-electron chi connectivity index (χ0n) is 14.7. The zero-order chi connectivity index (χ0) is 19.2. The van der Waals surface area contributed by atoms with E-state index >= 15 is 0 Å². The minimum atomic E-state index is -0.446. The van der Waals surface area contributed by atoms with E-state index in [9.17, 15) is 10.1 Å². The Morgan fingerprint density at radius 3 is 2.70 bits per heavy atom. The summed E-state index contributed by atoms with van der Waals surface area (Å²) in [4.78, 5) is 12.3. The van der Waals surface area contributed by atoms with Crippen LogP contribution in [0.15, 0.2) is 70.7 Å². The largest absolute Gasteiger partial charge is 0.457 e. The number of amides is 1. The van der Waals surface area contributed by atoms with Crippen LogP contribution in [0.3, 0.4) is 0 Å². The second-order valence-electron chi connectivity index (χ2n) is 6.00. The van der Waals surface area contributed by atoms with Gasteiger partial charge >= 0.3 is 0 Å². The van der Waals surface area contributed by atoms with E-state index in [1.807, 2.05) is 61.5 Å². The standard InChI is InChI=1S/C22H17ClN2O2/c1-15-7-8-18(23)12-20(15)21-10-9-19(27-21)11-17(13-24)22(26)25-14-16-5-3-2-4-6-16/h2-12H,14H2,1H3,(H,25,26)/b17-11-. The average molecular weight is 377 g/mol. The Morgan fingerprint density at radius 1 is 1.19 bits per heavy atom. The fraction of sp³-hybridized carbons (Fsp3) is 0.0909. The van der Waals surface area contributed by atoms with Crippen LogP contribution in [0.25, 0.3) is 17.4 Å². The topological polar surface area (TPSA) is 66.0 Å². The first-order valence-electron chi connectivity index (χ1n) is 8.37. The first-order valence-corrected chi connectivity index (χ1v) is 8.75. The Hall–Kier alpha value is -3.29. The van der Waals surface area contributed by atoms with Crippen molar-refractivity contribution < 1.29 is 9.21 Å². The molecule has 0 aliphatic heterocycles. The fourth-order valence-corrected chi connectivity index (χ4v) is 2.77. The molecule has 1 amide bonds. The van der Waals surface area contributed by atoms with Crippen molar-refractivity contribution in [2.75, 3.05) is 0 Å². The van der Waals surface area contributed by atoms with Crippen molar-refractivity contribution in [1.29, 1.82) is 5.26 Å². The highest BCUT2D eigenvalue weighted by atomic mass is 35.5. The van der Waals surface area contributed by atoms with Gasteiger partial charge in [0.25, 0.3) is 5.91 Å². The van der Waals surface area contributed by atoms with Gasteiger partial charge in [-0.05, 0) is 42.3 Å². The maximum absolute atomic E-state index is 12.3. The maximum Gasteiger partial charge on any atom is 0.262 e. The summed E-state index contributed by atoms with van der Waals surface area (Å²) in [5.74, 6) is 0.609. The van der Waals surface area contributed by atoms with Gasteiger partial charge in [0.1, 0.15) is 23.2 Å². The van der Waals surface area contributed by atoms with Gasteiger partial charge in [0, 0.05) is 23.2 Å². The van der Waals surface area contributed by atoms with Crippen molar-refractivity contribution in [2.45, 2.75) is 13.5 Å². The maximum atomic E-state index is 12.3. The van der Waals surface area contributed by atoms with Gasteiger partial charge in [-0.25, -0.2) is 0 Å². The van der Waals surface area contributed by atoms with Gasteiger partial charge in [-0.3, -0.25) is 4.79 Å². The van der Waals surface area contributed by atoms with Crippen LogP contribution in [0, 0.1) is 18.3 Å². The lowest BCUT2D eigenvalue weighted by Gasteiger charge is -2.04. The molecule has 0 fully saturated rings. The number of rotatable bonds is 5. The summed E-state index contributed by atoms with van der Waals surface area (Å²) in [6, 6.07) is 20.5. The number of nitriles is 1. The molecule has 0 aliphatic carbocycles. The number of carbonyl (C=O) groups is 1. The van der Waals surface area contributed by atoms with Crippen LogP contribution in [0.1, 0.15) is 16.9 Å². The number of hydrogen-bond acceptors (Lipinski definition) is 3. The molecule has 0 saturated heterocycles. The molecule has 4 nitrogen and oxygen atoms in total. The van der Waals surface area contributed by atoms with Crippen molar-refractivity contribution in [1.82, 2.24) is 5.32 Å². The Balaban J connectivity index is 1.76. The van der Waals surface area contributed by atoms with Gasteiger partial charge in [0.05, 0.1) is 0 Å². The summed E-state index contributed by atoms with van der Waals surface area (Å²) in [5, 5.41) is 12.7. The number of hydrogen-bond donors (Lipinski definition) is 1. The first-order chi connectivity index (χ1) is 13.1. The minimum absolute atomic E-state index is 0.0188. The normalized spacial score (nSPS) is 11.1.